The molecule has 0 bridgehead atoms. The van der Waals surface area contributed by atoms with Gasteiger partial charge in [-0.05, 0) is 25.2 Å². The lowest BCUT2D eigenvalue weighted by Crippen LogP contribution is -2.47. The summed E-state index contributed by atoms with van der Waals surface area (Å²) in [5.41, 5.74) is 6.07. The molecule has 0 heterocycles. The Balaban J connectivity index is 1.83. The summed E-state index contributed by atoms with van der Waals surface area (Å²) in [6.45, 7) is 2.14. The van der Waals surface area contributed by atoms with Crippen LogP contribution in [0.5, 0.6) is 0 Å². The number of carbonyl (C=O) groups excluding carboxylic acids is 1. The minimum absolute atomic E-state index is 0.172. The molecule has 86 valence electrons. The van der Waals surface area contributed by atoms with Crippen LogP contribution in [0.1, 0.15) is 45.4 Å². The van der Waals surface area contributed by atoms with E-state index in [1.807, 2.05) is 0 Å². The molecule has 2 aliphatic carbocycles. The molecular weight excluding hydrogens is 188 g/mol. The van der Waals surface area contributed by atoms with Crippen LogP contribution in [-0.4, -0.2) is 18.0 Å². The van der Waals surface area contributed by atoms with Crippen molar-refractivity contribution in [1.29, 1.82) is 0 Å². The number of hydrogen-bond donors (Lipinski definition) is 2. The Labute approximate surface area is 91.8 Å². The topological polar surface area (TPSA) is 55.1 Å². The second-order valence-electron chi connectivity index (χ2n) is 5.24. The van der Waals surface area contributed by atoms with E-state index in [1.165, 1.54) is 19.3 Å². The summed E-state index contributed by atoms with van der Waals surface area (Å²) in [4.78, 5) is 11.8. The van der Waals surface area contributed by atoms with Gasteiger partial charge < -0.3 is 11.1 Å². The summed E-state index contributed by atoms with van der Waals surface area (Å²) < 4.78 is 0. The highest BCUT2D eigenvalue weighted by Crippen LogP contribution is 2.37. The Morgan fingerprint density at radius 2 is 1.93 bits per heavy atom. The van der Waals surface area contributed by atoms with Gasteiger partial charge in [-0.1, -0.05) is 26.2 Å². The van der Waals surface area contributed by atoms with Gasteiger partial charge in [0.1, 0.15) is 0 Å². The molecule has 2 saturated carbocycles. The Morgan fingerprint density at radius 3 is 2.60 bits per heavy atom. The number of nitrogens with one attached hydrogen (secondary N) is 1. The minimum Gasteiger partial charge on any atom is -0.352 e. The van der Waals surface area contributed by atoms with E-state index in [-0.39, 0.29) is 23.9 Å². The molecule has 0 aliphatic heterocycles. The average molecular weight is 210 g/mol. The maximum Gasteiger partial charge on any atom is 0.223 e. The van der Waals surface area contributed by atoms with E-state index in [0.717, 1.165) is 19.3 Å². The van der Waals surface area contributed by atoms with Gasteiger partial charge in [-0.15, -0.1) is 0 Å². The van der Waals surface area contributed by atoms with Crippen molar-refractivity contribution in [1.82, 2.24) is 5.32 Å². The lowest BCUT2D eigenvalue weighted by Gasteiger charge is -2.22. The number of hydrogen-bond acceptors (Lipinski definition) is 2. The molecule has 0 aromatic heterocycles. The third kappa shape index (κ3) is 2.71. The van der Waals surface area contributed by atoms with E-state index in [4.69, 9.17) is 5.73 Å². The number of carbonyl (C=O) groups is 1. The predicted octanol–water partition coefficient (Wildman–Crippen LogP) is 1.42. The van der Waals surface area contributed by atoms with Crippen LogP contribution in [0.25, 0.3) is 0 Å². The quantitative estimate of drug-likeness (QED) is 0.677. The van der Waals surface area contributed by atoms with Gasteiger partial charge in [-0.25, -0.2) is 0 Å². The van der Waals surface area contributed by atoms with Crippen molar-refractivity contribution in [3.8, 4) is 0 Å². The molecule has 1 amide bonds. The van der Waals surface area contributed by atoms with Gasteiger partial charge in [0.05, 0.1) is 0 Å². The van der Waals surface area contributed by atoms with Crippen LogP contribution in [0.4, 0.5) is 0 Å². The lowest BCUT2D eigenvalue weighted by atomic mass is 10.0. The van der Waals surface area contributed by atoms with Crippen LogP contribution in [0.3, 0.4) is 0 Å². The summed E-state index contributed by atoms with van der Waals surface area (Å²) in [7, 11) is 0. The molecule has 3 N–H and O–H groups in total. The van der Waals surface area contributed by atoms with Crippen LogP contribution < -0.4 is 11.1 Å². The lowest BCUT2D eigenvalue weighted by molar-refractivity contribution is -0.123. The van der Waals surface area contributed by atoms with Crippen molar-refractivity contribution in [3.05, 3.63) is 0 Å². The SMILES string of the molecule is CC1CC1C(=O)NC1CCCCCC1N. The fraction of sp³-hybridized carbons (Fsp3) is 0.917. The van der Waals surface area contributed by atoms with Gasteiger partial charge in [0, 0.05) is 18.0 Å². The first-order chi connectivity index (χ1) is 7.18. The van der Waals surface area contributed by atoms with Gasteiger partial charge in [-0.3, -0.25) is 4.79 Å². The smallest absolute Gasteiger partial charge is 0.223 e. The zero-order valence-corrected chi connectivity index (χ0v) is 9.54. The van der Waals surface area contributed by atoms with E-state index in [0.29, 0.717) is 5.92 Å². The number of nitrogens with two attached hydrogens (primary N) is 1. The maximum absolute atomic E-state index is 11.8. The van der Waals surface area contributed by atoms with Crippen molar-refractivity contribution >= 4 is 5.91 Å². The van der Waals surface area contributed by atoms with E-state index >= 15 is 0 Å². The highest BCUT2D eigenvalue weighted by atomic mass is 16.2. The van der Waals surface area contributed by atoms with Crippen molar-refractivity contribution in [2.45, 2.75) is 57.5 Å². The fourth-order valence-electron chi connectivity index (χ4n) is 2.49. The molecule has 2 fully saturated rings. The van der Waals surface area contributed by atoms with Crippen LogP contribution in [-0.2, 0) is 4.79 Å². The van der Waals surface area contributed by atoms with Gasteiger partial charge in [-0.2, -0.15) is 0 Å². The van der Waals surface area contributed by atoms with Crippen LogP contribution in [0.15, 0.2) is 0 Å². The van der Waals surface area contributed by atoms with E-state index < -0.39 is 0 Å². The first-order valence-electron chi connectivity index (χ1n) is 6.24. The van der Waals surface area contributed by atoms with Crippen LogP contribution >= 0.6 is 0 Å². The zero-order chi connectivity index (χ0) is 10.8. The number of rotatable bonds is 2. The first kappa shape index (κ1) is 10.9. The molecule has 2 aliphatic rings. The normalized spacial score (nSPS) is 40.7. The second-order valence-corrected chi connectivity index (χ2v) is 5.24. The van der Waals surface area contributed by atoms with Crippen molar-refractivity contribution in [3.63, 3.8) is 0 Å². The van der Waals surface area contributed by atoms with Gasteiger partial charge in [0.15, 0.2) is 0 Å². The van der Waals surface area contributed by atoms with E-state index in [2.05, 4.69) is 12.2 Å². The summed E-state index contributed by atoms with van der Waals surface area (Å²) in [6, 6.07) is 0.401. The molecule has 0 saturated heterocycles. The Kier molecular flexibility index (Phi) is 3.29. The van der Waals surface area contributed by atoms with Gasteiger partial charge >= 0.3 is 0 Å². The maximum atomic E-state index is 11.8. The summed E-state index contributed by atoms with van der Waals surface area (Å²) >= 11 is 0. The minimum atomic E-state index is 0.172. The summed E-state index contributed by atoms with van der Waals surface area (Å²) in [6.07, 6.45) is 6.87. The third-order valence-corrected chi connectivity index (χ3v) is 3.84. The van der Waals surface area contributed by atoms with Crippen LogP contribution in [0, 0.1) is 11.8 Å². The zero-order valence-electron chi connectivity index (χ0n) is 9.54. The fourth-order valence-corrected chi connectivity index (χ4v) is 2.49. The Bertz CT molecular complexity index is 242. The van der Waals surface area contributed by atoms with Gasteiger partial charge in [0.2, 0.25) is 5.91 Å². The molecule has 2 rings (SSSR count). The molecule has 4 atom stereocenters. The largest absolute Gasteiger partial charge is 0.352 e. The monoisotopic (exact) mass is 210 g/mol. The Morgan fingerprint density at radius 1 is 1.27 bits per heavy atom. The first-order valence-corrected chi connectivity index (χ1v) is 6.24. The predicted molar refractivity (Wildman–Crippen MR) is 60.3 cm³/mol. The Hall–Kier alpha value is -0.570. The average Bonchev–Trinajstić information content (AvgIpc) is 2.94. The molecule has 3 nitrogen and oxygen atoms in total. The summed E-state index contributed by atoms with van der Waals surface area (Å²) in [5, 5.41) is 3.14. The molecule has 15 heavy (non-hydrogen) atoms. The molecule has 0 aromatic rings. The van der Waals surface area contributed by atoms with Crippen LogP contribution in [0.2, 0.25) is 0 Å². The number of amides is 1. The highest BCUT2D eigenvalue weighted by molar-refractivity contribution is 5.81. The third-order valence-electron chi connectivity index (χ3n) is 3.84. The van der Waals surface area contributed by atoms with Crippen molar-refractivity contribution in [2.75, 3.05) is 0 Å². The molecular formula is C12H22N2O. The molecule has 0 aromatic carbocycles. The standard InChI is InChI=1S/C12H22N2O/c1-8-7-9(8)12(15)14-11-6-4-2-3-5-10(11)13/h8-11H,2-7,13H2,1H3,(H,14,15). The molecule has 4 unspecified atom stereocenters. The molecule has 0 spiro atoms. The van der Waals surface area contributed by atoms with Gasteiger partial charge in [0.25, 0.3) is 0 Å². The molecule has 0 radical (unpaired) electrons. The highest BCUT2D eigenvalue weighted by Gasteiger charge is 2.40. The summed E-state index contributed by atoms with van der Waals surface area (Å²) in [5.74, 6) is 1.11. The molecule has 3 heteroatoms. The van der Waals surface area contributed by atoms with Crippen molar-refractivity contribution < 1.29 is 4.79 Å². The van der Waals surface area contributed by atoms with Crippen molar-refractivity contribution in [2.24, 2.45) is 17.6 Å². The van der Waals surface area contributed by atoms with E-state index in [9.17, 15) is 4.79 Å². The van der Waals surface area contributed by atoms with E-state index in [1.54, 1.807) is 0 Å². The second kappa shape index (κ2) is 4.52.